The zero-order chi connectivity index (χ0) is 15.2. The fraction of sp³-hybridized carbons (Fsp3) is 0.615. The maximum Gasteiger partial charge on any atom is 0.227 e. The molecule has 1 aromatic heterocycles. The Morgan fingerprint density at radius 1 is 1.45 bits per heavy atom. The van der Waals surface area contributed by atoms with Crippen molar-refractivity contribution >= 4 is 17.5 Å². The van der Waals surface area contributed by atoms with Gasteiger partial charge in [0.15, 0.2) is 5.82 Å². The third-order valence-corrected chi connectivity index (χ3v) is 2.78. The SMILES string of the molecule is CCOCc1nc(N)cc(NCC(C)(C)C(=O)NC)n1. The van der Waals surface area contributed by atoms with Gasteiger partial charge in [0.05, 0.1) is 5.41 Å². The van der Waals surface area contributed by atoms with E-state index >= 15 is 0 Å². The summed E-state index contributed by atoms with van der Waals surface area (Å²) in [5.41, 5.74) is 5.18. The molecule has 7 nitrogen and oxygen atoms in total. The monoisotopic (exact) mass is 281 g/mol. The number of hydrogen-bond donors (Lipinski definition) is 3. The Balaban J connectivity index is 2.72. The number of nitrogens with one attached hydrogen (secondary N) is 2. The Morgan fingerprint density at radius 2 is 2.15 bits per heavy atom. The summed E-state index contributed by atoms with van der Waals surface area (Å²) in [7, 11) is 1.62. The van der Waals surface area contributed by atoms with Crippen molar-refractivity contribution < 1.29 is 9.53 Å². The van der Waals surface area contributed by atoms with Gasteiger partial charge in [-0.1, -0.05) is 0 Å². The van der Waals surface area contributed by atoms with Crippen molar-refractivity contribution in [2.45, 2.75) is 27.4 Å². The number of hydrogen-bond acceptors (Lipinski definition) is 6. The van der Waals surface area contributed by atoms with Gasteiger partial charge in [-0.15, -0.1) is 0 Å². The normalized spacial score (nSPS) is 11.2. The zero-order valence-electron chi connectivity index (χ0n) is 12.5. The van der Waals surface area contributed by atoms with E-state index in [2.05, 4.69) is 20.6 Å². The highest BCUT2D eigenvalue weighted by Gasteiger charge is 2.26. The minimum atomic E-state index is -0.547. The summed E-state index contributed by atoms with van der Waals surface area (Å²) in [5.74, 6) is 1.44. The van der Waals surface area contributed by atoms with Gasteiger partial charge in [0.25, 0.3) is 0 Å². The molecule has 1 rings (SSSR count). The van der Waals surface area contributed by atoms with Gasteiger partial charge in [0, 0.05) is 26.3 Å². The van der Waals surface area contributed by atoms with E-state index in [0.29, 0.717) is 37.2 Å². The van der Waals surface area contributed by atoms with Crippen LogP contribution in [0, 0.1) is 5.41 Å². The lowest BCUT2D eigenvalue weighted by Gasteiger charge is -2.23. The molecule has 0 bridgehead atoms. The first kappa shape index (κ1) is 16.2. The van der Waals surface area contributed by atoms with Gasteiger partial charge in [-0.3, -0.25) is 4.79 Å². The average molecular weight is 281 g/mol. The van der Waals surface area contributed by atoms with Gasteiger partial charge < -0.3 is 21.1 Å². The maximum absolute atomic E-state index is 11.7. The van der Waals surface area contributed by atoms with Crippen LogP contribution in [0.15, 0.2) is 6.07 Å². The van der Waals surface area contributed by atoms with E-state index < -0.39 is 5.41 Å². The molecule has 0 radical (unpaired) electrons. The number of aromatic nitrogens is 2. The molecular weight excluding hydrogens is 258 g/mol. The molecule has 0 saturated carbocycles. The van der Waals surface area contributed by atoms with E-state index in [1.165, 1.54) is 0 Å². The van der Waals surface area contributed by atoms with Crippen LogP contribution >= 0.6 is 0 Å². The van der Waals surface area contributed by atoms with Crippen molar-refractivity contribution in [3.05, 3.63) is 11.9 Å². The van der Waals surface area contributed by atoms with E-state index in [1.54, 1.807) is 13.1 Å². The Kier molecular flexibility index (Phi) is 5.69. The van der Waals surface area contributed by atoms with Crippen molar-refractivity contribution in [2.75, 3.05) is 31.2 Å². The Morgan fingerprint density at radius 3 is 2.75 bits per heavy atom. The van der Waals surface area contributed by atoms with Crippen LogP contribution in [0.5, 0.6) is 0 Å². The topological polar surface area (TPSA) is 102 Å². The van der Waals surface area contributed by atoms with Gasteiger partial charge in [-0.25, -0.2) is 9.97 Å². The lowest BCUT2D eigenvalue weighted by atomic mass is 9.92. The second kappa shape index (κ2) is 7.04. The third kappa shape index (κ3) is 4.65. The highest BCUT2D eigenvalue weighted by atomic mass is 16.5. The fourth-order valence-electron chi connectivity index (χ4n) is 1.60. The second-order valence-electron chi connectivity index (χ2n) is 5.05. The number of carbonyl (C=O) groups is 1. The highest BCUT2D eigenvalue weighted by Crippen LogP contribution is 2.17. The molecule has 0 aliphatic heterocycles. The highest BCUT2D eigenvalue weighted by molar-refractivity contribution is 5.82. The molecule has 7 heteroatoms. The Labute approximate surface area is 119 Å². The lowest BCUT2D eigenvalue weighted by Crippen LogP contribution is -2.39. The van der Waals surface area contributed by atoms with Gasteiger partial charge >= 0.3 is 0 Å². The summed E-state index contributed by atoms with van der Waals surface area (Å²) in [6.07, 6.45) is 0. The lowest BCUT2D eigenvalue weighted by molar-refractivity contribution is -0.128. The molecule has 4 N–H and O–H groups in total. The van der Waals surface area contributed by atoms with Crippen molar-refractivity contribution in [3.63, 3.8) is 0 Å². The van der Waals surface area contributed by atoms with Crippen LogP contribution in [0.3, 0.4) is 0 Å². The number of nitrogens with zero attached hydrogens (tertiary/aromatic N) is 2. The van der Waals surface area contributed by atoms with E-state index in [-0.39, 0.29) is 5.91 Å². The number of nitrogen functional groups attached to an aromatic ring is 1. The Bertz CT molecular complexity index is 462. The molecule has 1 heterocycles. The summed E-state index contributed by atoms with van der Waals surface area (Å²) < 4.78 is 5.26. The van der Waals surface area contributed by atoms with E-state index in [9.17, 15) is 4.79 Å². The first-order chi connectivity index (χ1) is 9.39. The summed E-state index contributed by atoms with van der Waals surface area (Å²) in [4.78, 5) is 20.1. The number of amides is 1. The number of anilines is 2. The van der Waals surface area contributed by atoms with Gasteiger partial charge in [0.1, 0.15) is 18.2 Å². The third-order valence-electron chi connectivity index (χ3n) is 2.78. The van der Waals surface area contributed by atoms with Crippen LogP contribution in [-0.4, -0.2) is 36.1 Å². The molecule has 0 aliphatic carbocycles. The van der Waals surface area contributed by atoms with E-state index in [0.717, 1.165) is 0 Å². The maximum atomic E-state index is 11.7. The quantitative estimate of drug-likeness (QED) is 0.682. The van der Waals surface area contributed by atoms with Crippen LogP contribution in [0.4, 0.5) is 11.6 Å². The molecule has 0 atom stereocenters. The summed E-state index contributed by atoms with van der Waals surface area (Å²) in [6, 6.07) is 1.63. The van der Waals surface area contributed by atoms with Gasteiger partial charge in [-0.2, -0.15) is 0 Å². The molecule has 0 aliphatic rings. The zero-order valence-corrected chi connectivity index (χ0v) is 12.5. The average Bonchev–Trinajstić information content (AvgIpc) is 2.41. The Hall–Kier alpha value is -1.89. The van der Waals surface area contributed by atoms with Crippen molar-refractivity contribution in [1.29, 1.82) is 0 Å². The molecule has 0 spiro atoms. The number of nitrogens with two attached hydrogens (primary N) is 1. The first-order valence-corrected chi connectivity index (χ1v) is 6.56. The smallest absolute Gasteiger partial charge is 0.227 e. The van der Waals surface area contributed by atoms with Crippen molar-refractivity contribution in [2.24, 2.45) is 5.41 Å². The molecule has 112 valence electrons. The van der Waals surface area contributed by atoms with Crippen LogP contribution in [-0.2, 0) is 16.1 Å². The molecule has 0 aromatic carbocycles. The summed E-state index contributed by atoms with van der Waals surface area (Å²) in [5, 5.41) is 5.75. The molecule has 0 saturated heterocycles. The molecule has 1 amide bonds. The van der Waals surface area contributed by atoms with E-state index in [4.69, 9.17) is 10.5 Å². The number of ether oxygens (including phenoxy) is 1. The molecule has 0 unspecified atom stereocenters. The van der Waals surface area contributed by atoms with E-state index in [1.807, 2.05) is 20.8 Å². The van der Waals surface area contributed by atoms with Crippen LogP contribution in [0.2, 0.25) is 0 Å². The number of rotatable bonds is 7. The molecule has 0 fully saturated rings. The minimum absolute atomic E-state index is 0.0402. The van der Waals surface area contributed by atoms with Gasteiger partial charge in [0.2, 0.25) is 5.91 Å². The van der Waals surface area contributed by atoms with Crippen molar-refractivity contribution in [3.8, 4) is 0 Å². The fourth-order valence-corrected chi connectivity index (χ4v) is 1.60. The predicted molar refractivity (Wildman–Crippen MR) is 78.1 cm³/mol. The first-order valence-electron chi connectivity index (χ1n) is 6.56. The van der Waals surface area contributed by atoms with Gasteiger partial charge in [-0.05, 0) is 20.8 Å². The van der Waals surface area contributed by atoms with Crippen LogP contribution in [0.1, 0.15) is 26.6 Å². The van der Waals surface area contributed by atoms with Crippen LogP contribution < -0.4 is 16.4 Å². The minimum Gasteiger partial charge on any atom is -0.384 e. The predicted octanol–water partition coefficient (Wildman–Crippen LogP) is 0.779. The standard InChI is InChI=1S/C13H23N5O2/c1-5-20-7-11-17-9(14)6-10(18-11)16-8-13(2,3)12(19)15-4/h6H,5,7-8H2,1-4H3,(H,15,19)(H3,14,16,17,18). The molecule has 20 heavy (non-hydrogen) atoms. The summed E-state index contributed by atoms with van der Waals surface area (Å²) >= 11 is 0. The molecule has 1 aromatic rings. The van der Waals surface area contributed by atoms with Crippen LogP contribution in [0.25, 0.3) is 0 Å². The van der Waals surface area contributed by atoms with Crippen molar-refractivity contribution in [1.82, 2.24) is 15.3 Å². The number of carbonyl (C=O) groups excluding carboxylic acids is 1. The second-order valence-corrected chi connectivity index (χ2v) is 5.05. The largest absolute Gasteiger partial charge is 0.384 e. The summed E-state index contributed by atoms with van der Waals surface area (Å²) in [6.45, 7) is 6.95. The molecular formula is C13H23N5O2.